The van der Waals surface area contributed by atoms with E-state index in [0.717, 1.165) is 49.1 Å². The molecule has 0 bridgehead atoms. The van der Waals surface area contributed by atoms with E-state index in [1.54, 1.807) is 0 Å². The average Bonchev–Trinajstić information content (AvgIpc) is 1.51. The van der Waals surface area contributed by atoms with Gasteiger partial charge in [0.1, 0.15) is 11.2 Å². The van der Waals surface area contributed by atoms with Crippen molar-refractivity contribution in [1.29, 1.82) is 0 Å². The first-order valence-electron chi connectivity index (χ1n) is 41.6. The SMILES string of the molecule is Brc1ccc(-c2ccc(-n3c4ccccc4c4ccccc43)cc2)cc1.Brc1ccc(-c2ccc(I)cc2)cc1.Brc1ccc(-c2cccc3c2oc2ccccc23)cc1.Brc1ccc(-n2c3ccccc3c3ccccc32)cc1.CC1(C)c2cc(Br)ccc2-c2ccc(-n3c4ccccc4c4ccccc43)cc21.CC1(C)c2cc(Br)ccc2-c2ccc(I)cc21. The molecule has 0 unspecified atom stereocenters. The molecule has 0 N–H and O–H groups in total. The Hall–Kier alpha value is -10.5. The maximum absolute atomic E-state index is 6.06. The first kappa shape index (κ1) is 85.0. The fraction of sp³-hybridized carbons (Fsp3) is 0.0526. The van der Waals surface area contributed by atoms with E-state index in [4.69, 9.17) is 4.42 Å². The molecule has 22 aromatic rings. The molecule has 18 aromatic carbocycles. The lowest BCUT2D eigenvalue weighted by Crippen LogP contribution is -2.15. The minimum atomic E-state index is -0.0246. The highest BCUT2D eigenvalue weighted by Crippen LogP contribution is 2.52. The molecule has 2 aliphatic rings. The summed E-state index contributed by atoms with van der Waals surface area (Å²) in [6.07, 6.45) is 0. The lowest BCUT2D eigenvalue weighted by atomic mass is 9.82. The highest BCUT2D eigenvalue weighted by atomic mass is 127. The molecule has 4 nitrogen and oxygen atoms in total. The van der Waals surface area contributed by atoms with Crippen LogP contribution in [-0.4, -0.2) is 13.7 Å². The maximum atomic E-state index is 6.06. The second-order valence-corrected chi connectivity index (χ2v) is 40.5. The molecule has 126 heavy (non-hydrogen) atoms. The Kier molecular flexibility index (Phi) is 24.5. The van der Waals surface area contributed by atoms with Gasteiger partial charge in [0.05, 0.1) is 33.1 Å². The minimum absolute atomic E-state index is 0.0246. The Morgan fingerprint density at radius 1 is 0.214 bits per heavy atom. The summed E-state index contributed by atoms with van der Waals surface area (Å²) in [6.45, 7) is 9.28. The van der Waals surface area contributed by atoms with Gasteiger partial charge in [-0.3, -0.25) is 0 Å². The van der Waals surface area contributed by atoms with Gasteiger partial charge in [0, 0.05) is 111 Å². The van der Waals surface area contributed by atoms with Crippen molar-refractivity contribution < 1.29 is 4.42 Å². The van der Waals surface area contributed by atoms with Crippen LogP contribution < -0.4 is 0 Å². The van der Waals surface area contributed by atoms with Gasteiger partial charge in [0.2, 0.25) is 0 Å². The molecule has 0 saturated carbocycles. The molecule has 0 radical (unpaired) electrons. The van der Waals surface area contributed by atoms with E-state index >= 15 is 0 Å². The van der Waals surface area contributed by atoms with Gasteiger partial charge < -0.3 is 18.1 Å². The lowest BCUT2D eigenvalue weighted by molar-refractivity contribution is 0.659. The molecular weight excluding hydrogens is 2160 g/mol. The van der Waals surface area contributed by atoms with Crippen LogP contribution in [0.2, 0.25) is 0 Å². The Bertz CT molecular complexity index is 7580. The number of aromatic nitrogens is 3. The zero-order valence-corrected chi connectivity index (χ0v) is 82.8. The summed E-state index contributed by atoms with van der Waals surface area (Å²) in [6, 6.07) is 144. The number of fused-ring (bicyclic) bond motifs is 18. The van der Waals surface area contributed by atoms with E-state index in [1.165, 1.54) is 167 Å². The molecule has 0 atom stereocenters. The second kappa shape index (κ2) is 36.3. The Labute approximate surface area is 811 Å². The summed E-state index contributed by atoms with van der Waals surface area (Å²) in [5.74, 6) is 0. The van der Waals surface area contributed by atoms with Crippen LogP contribution in [0.25, 0.3) is 160 Å². The van der Waals surface area contributed by atoms with Crippen molar-refractivity contribution in [1.82, 2.24) is 13.7 Å². The van der Waals surface area contributed by atoms with E-state index in [1.807, 2.05) is 18.2 Å². The molecular formula is C114H79Br6I2N3O. The lowest BCUT2D eigenvalue weighted by Gasteiger charge is -2.22. The van der Waals surface area contributed by atoms with Crippen LogP contribution >= 0.6 is 141 Å². The zero-order chi connectivity index (χ0) is 86.5. The standard InChI is InChI=1S/C27H20BrN.C24H16BrN.C18H12BrN.C18H11BrO.C15H12BrI.C12H8BrI/c1-27(2)23-15-17(28)11-13-19(23)20-14-12-18(16-24(20)27)29-25-9-5-3-7-21(25)22-8-4-6-10-26(22)29;25-19-13-9-17(10-14-19)18-11-15-20(16-12-18)26-23-7-3-1-5-21(23)22-6-2-4-8-24(22)26;19-13-9-11-14(12-10-13)20-17-7-3-1-5-15(17)16-6-2-4-8-18(16)20;19-13-10-8-12(9-11-13)14-5-3-6-16-15-4-1-2-7-17(15)20-18(14)16;1-15(2)13-7-9(16)3-5-11(13)12-6-4-10(17)8-14(12)15;13-11-5-1-9(2-6-11)10-3-7-12(14)8-4-10/h3-16H,1-2H3;1-16H;1-12H;1-11H;3-8H,1-2H3;1-8H. The fourth-order valence-corrected chi connectivity index (χ4v) is 20.7. The number of furan rings is 1. The first-order valence-corrected chi connectivity index (χ1v) is 48.5. The number of rotatable bonds is 6. The summed E-state index contributed by atoms with van der Waals surface area (Å²) < 4.78 is 22.4. The highest BCUT2D eigenvalue weighted by molar-refractivity contribution is 14.1. The monoisotopic (exact) mass is 2230 g/mol. The summed E-state index contributed by atoms with van der Waals surface area (Å²) in [5.41, 5.74) is 31.4. The maximum Gasteiger partial charge on any atom is 0.143 e. The highest BCUT2D eigenvalue weighted by Gasteiger charge is 2.37. The first-order chi connectivity index (χ1) is 61.3. The largest absolute Gasteiger partial charge is 0.455 e. The predicted octanol–water partition coefficient (Wildman–Crippen LogP) is 36.7. The summed E-state index contributed by atoms with van der Waals surface area (Å²) in [4.78, 5) is 0. The molecule has 4 heterocycles. The summed E-state index contributed by atoms with van der Waals surface area (Å²) in [5, 5.41) is 10.1. The van der Waals surface area contributed by atoms with Crippen molar-refractivity contribution >= 4 is 228 Å². The van der Waals surface area contributed by atoms with Crippen LogP contribution in [0.3, 0.4) is 0 Å². The number of para-hydroxylation sites is 8. The van der Waals surface area contributed by atoms with Gasteiger partial charge in [0.25, 0.3) is 0 Å². The van der Waals surface area contributed by atoms with Crippen LogP contribution in [0.4, 0.5) is 0 Å². The van der Waals surface area contributed by atoms with Crippen molar-refractivity contribution in [2.75, 3.05) is 0 Å². The molecule has 0 saturated heterocycles. The quantitative estimate of drug-likeness (QED) is 0.153. The summed E-state index contributed by atoms with van der Waals surface area (Å²) >= 11 is 25.8. The molecule has 612 valence electrons. The average molecular weight is 2240 g/mol. The zero-order valence-electron chi connectivity index (χ0n) is 69.0. The number of benzene rings is 18. The van der Waals surface area contributed by atoms with Gasteiger partial charge in [-0.15, -0.1) is 0 Å². The Balaban J connectivity index is 0.000000100. The van der Waals surface area contributed by atoms with Gasteiger partial charge in [-0.2, -0.15) is 0 Å². The third-order valence-electron chi connectivity index (χ3n) is 24.2. The molecule has 24 rings (SSSR count). The number of hydrogen-bond donors (Lipinski definition) is 0. The smallest absolute Gasteiger partial charge is 0.143 e. The van der Waals surface area contributed by atoms with E-state index < -0.39 is 0 Å². The number of halogens is 8. The molecule has 12 heteroatoms. The molecule has 0 fully saturated rings. The molecule has 2 aliphatic carbocycles. The molecule has 0 spiro atoms. The van der Waals surface area contributed by atoms with Gasteiger partial charge in [-0.25, -0.2) is 0 Å². The van der Waals surface area contributed by atoms with Gasteiger partial charge in [0.15, 0.2) is 0 Å². The van der Waals surface area contributed by atoms with Crippen LogP contribution in [-0.2, 0) is 10.8 Å². The van der Waals surface area contributed by atoms with Crippen molar-refractivity contribution in [3.63, 3.8) is 0 Å². The minimum Gasteiger partial charge on any atom is -0.455 e. The van der Waals surface area contributed by atoms with Gasteiger partial charge >= 0.3 is 0 Å². The van der Waals surface area contributed by atoms with E-state index in [2.05, 4.69) is 570 Å². The predicted molar refractivity (Wildman–Crippen MR) is 572 cm³/mol. The van der Waals surface area contributed by atoms with Crippen molar-refractivity contribution in [2.24, 2.45) is 0 Å². The molecule has 4 aromatic heterocycles. The van der Waals surface area contributed by atoms with Crippen molar-refractivity contribution in [2.45, 2.75) is 38.5 Å². The number of hydrogen-bond acceptors (Lipinski definition) is 1. The second-order valence-electron chi connectivity index (χ2n) is 32.5. The third-order valence-corrected chi connectivity index (χ3v) is 28.7. The van der Waals surface area contributed by atoms with Crippen molar-refractivity contribution in [3.05, 3.63) is 463 Å². The van der Waals surface area contributed by atoms with Crippen molar-refractivity contribution in [3.8, 4) is 72.7 Å². The third kappa shape index (κ3) is 16.8. The fourth-order valence-electron chi connectivity index (χ4n) is 18.0. The van der Waals surface area contributed by atoms with E-state index in [9.17, 15) is 0 Å². The van der Waals surface area contributed by atoms with Gasteiger partial charge in [-0.05, 0) is 293 Å². The Morgan fingerprint density at radius 2 is 0.484 bits per heavy atom. The normalized spacial score (nSPS) is 12.4. The van der Waals surface area contributed by atoms with Crippen LogP contribution in [0.5, 0.6) is 0 Å². The van der Waals surface area contributed by atoms with Gasteiger partial charge in [-0.1, -0.05) is 354 Å². The van der Waals surface area contributed by atoms with Crippen LogP contribution in [0.1, 0.15) is 49.9 Å². The van der Waals surface area contributed by atoms with E-state index in [0.29, 0.717) is 0 Å². The molecule has 0 aliphatic heterocycles. The summed E-state index contributed by atoms with van der Waals surface area (Å²) in [7, 11) is 0. The molecule has 0 amide bonds. The van der Waals surface area contributed by atoms with E-state index in [-0.39, 0.29) is 10.8 Å². The van der Waals surface area contributed by atoms with Crippen LogP contribution in [0, 0.1) is 7.14 Å². The number of nitrogens with zero attached hydrogens (tertiary/aromatic N) is 3. The topological polar surface area (TPSA) is 27.9 Å². The Morgan fingerprint density at radius 3 is 0.889 bits per heavy atom. The van der Waals surface area contributed by atoms with Crippen LogP contribution in [0.15, 0.2) is 438 Å².